The number of hydrogen-bond acceptors (Lipinski definition) is 5. The van der Waals surface area contributed by atoms with Crippen LogP contribution in [0.4, 0.5) is 16.2 Å². The number of hydrogen-bond donors (Lipinski definition) is 0. The molecule has 6 nitrogen and oxygen atoms in total. The number of aryl methyl sites for hydroxylation is 1. The van der Waals surface area contributed by atoms with Gasteiger partial charge in [-0.25, -0.2) is 9.37 Å². The molecule has 7 heteroatoms. The quantitative estimate of drug-likeness (QED) is 0.853. The lowest BCUT2D eigenvalue weighted by molar-refractivity contribution is 0.0745. The highest BCUT2D eigenvalue weighted by Crippen LogP contribution is 2.18. The van der Waals surface area contributed by atoms with E-state index in [4.69, 9.17) is 0 Å². The first-order valence-corrected chi connectivity index (χ1v) is 8.26. The summed E-state index contributed by atoms with van der Waals surface area (Å²) >= 11 is 0. The van der Waals surface area contributed by atoms with E-state index in [1.807, 2.05) is 32.0 Å². The lowest BCUT2D eigenvalue weighted by Gasteiger charge is -2.35. The number of carbonyl (C=O) groups is 1. The Morgan fingerprint density at radius 1 is 1.16 bits per heavy atom. The van der Waals surface area contributed by atoms with Crippen molar-refractivity contribution in [3.8, 4) is 0 Å². The Labute approximate surface area is 146 Å². The van der Waals surface area contributed by atoms with E-state index in [1.165, 1.54) is 12.1 Å². The van der Waals surface area contributed by atoms with Crippen molar-refractivity contribution in [2.75, 3.05) is 50.1 Å². The second-order valence-electron chi connectivity index (χ2n) is 6.35. The molecule has 2 heterocycles. The first-order valence-electron chi connectivity index (χ1n) is 8.26. The van der Waals surface area contributed by atoms with Crippen molar-refractivity contribution in [3.63, 3.8) is 0 Å². The topological polar surface area (TPSA) is 52.6 Å². The number of aromatic nitrogens is 2. The fourth-order valence-corrected chi connectivity index (χ4v) is 2.86. The van der Waals surface area contributed by atoms with Gasteiger partial charge in [0, 0.05) is 52.0 Å². The van der Waals surface area contributed by atoms with Crippen LogP contribution >= 0.6 is 0 Å². The molecule has 1 aliphatic heterocycles. The van der Waals surface area contributed by atoms with E-state index in [0.29, 0.717) is 37.7 Å². The third kappa shape index (κ3) is 3.70. The SMILES string of the molecule is Cc1ccc(F)cc1C(=O)N1CCN(c2ccnc(N(C)C)n2)CC1. The van der Waals surface area contributed by atoms with Crippen molar-refractivity contribution < 1.29 is 9.18 Å². The minimum Gasteiger partial charge on any atom is -0.353 e. The second-order valence-corrected chi connectivity index (χ2v) is 6.35. The van der Waals surface area contributed by atoms with E-state index >= 15 is 0 Å². The highest BCUT2D eigenvalue weighted by Gasteiger charge is 2.24. The van der Waals surface area contributed by atoms with Gasteiger partial charge in [0.2, 0.25) is 5.95 Å². The number of halogens is 1. The van der Waals surface area contributed by atoms with Gasteiger partial charge in [0.25, 0.3) is 5.91 Å². The molecule has 0 bridgehead atoms. The van der Waals surface area contributed by atoms with Crippen LogP contribution in [-0.4, -0.2) is 61.0 Å². The van der Waals surface area contributed by atoms with Crippen LogP contribution in [0.2, 0.25) is 0 Å². The number of nitrogens with zero attached hydrogens (tertiary/aromatic N) is 5. The smallest absolute Gasteiger partial charge is 0.254 e. The number of anilines is 2. The van der Waals surface area contributed by atoms with E-state index in [9.17, 15) is 9.18 Å². The van der Waals surface area contributed by atoms with Gasteiger partial charge in [-0.05, 0) is 30.7 Å². The second kappa shape index (κ2) is 7.04. The van der Waals surface area contributed by atoms with Crippen LogP contribution < -0.4 is 9.80 Å². The molecule has 1 aliphatic rings. The molecule has 1 saturated heterocycles. The molecule has 132 valence electrons. The monoisotopic (exact) mass is 343 g/mol. The standard InChI is InChI=1S/C18H22FN5O/c1-13-4-5-14(19)12-15(13)17(25)24-10-8-23(9-11-24)16-6-7-20-18(21-16)22(2)3/h4-7,12H,8-11H2,1-3H3. The molecule has 0 aliphatic carbocycles. The Hall–Kier alpha value is -2.70. The maximum Gasteiger partial charge on any atom is 0.254 e. The summed E-state index contributed by atoms with van der Waals surface area (Å²) in [5.74, 6) is 1.01. The molecule has 0 spiro atoms. The molecule has 1 fully saturated rings. The van der Waals surface area contributed by atoms with Crippen LogP contribution in [-0.2, 0) is 0 Å². The van der Waals surface area contributed by atoms with Gasteiger partial charge >= 0.3 is 0 Å². The summed E-state index contributed by atoms with van der Waals surface area (Å²) in [5.41, 5.74) is 1.23. The lowest BCUT2D eigenvalue weighted by Crippen LogP contribution is -2.49. The van der Waals surface area contributed by atoms with Crippen LogP contribution in [0.3, 0.4) is 0 Å². The normalized spacial score (nSPS) is 14.6. The predicted octanol–water partition coefficient (Wildman–Crippen LogP) is 1.95. The van der Waals surface area contributed by atoms with Gasteiger partial charge < -0.3 is 14.7 Å². The van der Waals surface area contributed by atoms with Crippen LogP contribution in [0.5, 0.6) is 0 Å². The van der Waals surface area contributed by atoms with Crippen molar-refractivity contribution in [3.05, 3.63) is 47.4 Å². The molecular weight excluding hydrogens is 321 g/mol. The number of amides is 1. The molecule has 1 aromatic heterocycles. The maximum atomic E-state index is 13.5. The minimum absolute atomic E-state index is 0.117. The molecule has 1 aromatic carbocycles. The number of piperazine rings is 1. The van der Waals surface area contributed by atoms with E-state index in [-0.39, 0.29) is 11.7 Å². The molecule has 0 saturated carbocycles. The Morgan fingerprint density at radius 2 is 1.88 bits per heavy atom. The van der Waals surface area contributed by atoms with Crippen LogP contribution in [0.15, 0.2) is 30.5 Å². The fourth-order valence-electron chi connectivity index (χ4n) is 2.86. The van der Waals surface area contributed by atoms with Crippen molar-refractivity contribution in [2.24, 2.45) is 0 Å². The van der Waals surface area contributed by atoms with Crippen molar-refractivity contribution in [1.82, 2.24) is 14.9 Å². The zero-order chi connectivity index (χ0) is 18.0. The van der Waals surface area contributed by atoms with Crippen LogP contribution in [0.25, 0.3) is 0 Å². The number of rotatable bonds is 3. The predicted molar refractivity (Wildman–Crippen MR) is 95.6 cm³/mol. The van der Waals surface area contributed by atoms with Gasteiger partial charge in [0.1, 0.15) is 11.6 Å². The molecule has 1 amide bonds. The third-order valence-electron chi connectivity index (χ3n) is 4.35. The Balaban J connectivity index is 1.68. The van der Waals surface area contributed by atoms with Crippen LogP contribution in [0, 0.1) is 12.7 Å². The Morgan fingerprint density at radius 3 is 2.56 bits per heavy atom. The van der Waals surface area contributed by atoms with Gasteiger partial charge in [-0.3, -0.25) is 4.79 Å². The van der Waals surface area contributed by atoms with Crippen LogP contribution in [0.1, 0.15) is 15.9 Å². The Bertz CT molecular complexity index is 772. The molecule has 0 radical (unpaired) electrons. The summed E-state index contributed by atoms with van der Waals surface area (Å²) in [6, 6.07) is 6.21. The summed E-state index contributed by atoms with van der Waals surface area (Å²) in [5, 5.41) is 0. The molecule has 3 rings (SSSR count). The largest absolute Gasteiger partial charge is 0.353 e. The summed E-state index contributed by atoms with van der Waals surface area (Å²) in [6.07, 6.45) is 1.74. The van der Waals surface area contributed by atoms with E-state index in [1.54, 1.807) is 17.2 Å². The minimum atomic E-state index is -0.384. The fraction of sp³-hybridized carbons (Fsp3) is 0.389. The Kier molecular flexibility index (Phi) is 4.83. The van der Waals surface area contributed by atoms with Gasteiger partial charge in [0.15, 0.2) is 0 Å². The maximum absolute atomic E-state index is 13.5. The molecule has 0 unspecified atom stereocenters. The van der Waals surface area contributed by atoms with E-state index in [2.05, 4.69) is 14.9 Å². The van der Waals surface area contributed by atoms with E-state index < -0.39 is 0 Å². The molecular formula is C18H22FN5O. The van der Waals surface area contributed by atoms with Crippen molar-refractivity contribution in [1.29, 1.82) is 0 Å². The summed E-state index contributed by atoms with van der Waals surface area (Å²) in [7, 11) is 3.80. The summed E-state index contributed by atoms with van der Waals surface area (Å²) in [6.45, 7) is 4.35. The van der Waals surface area contributed by atoms with Gasteiger partial charge in [-0.15, -0.1) is 0 Å². The zero-order valence-corrected chi connectivity index (χ0v) is 14.7. The van der Waals surface area contributed by atoms with Gasteiger partial charge in [-0.2, -0.15) is 4.98 Å². The van der Waals surface area contributed by atoms with Gasteiger partial charge in [0.05, 0.1) is 0 Å². The van der Waals surface area contributed by atoms with Gasteiger partial charge in [-0.1, -0.05) is 6.07 Å². The number of benzene rings is 1. The zero-order valence-electron chi connectivity index (χ0n) is 14.7. The van der Waals surface area contributed by atoms with Crippen molar-refractivity contribution in [2.45, 2.75) is 6.92 Å². The summed E-state index contributed by atoms with van der Waals surface area (Å²) < 4.78 is 13.5. The molecule has 2 aromatic rings. The molecule has 0 atom stereocenters. The molecule has 0 N–H and O–H groups in total. The first-order chi connectivity index (χ1) is 12.0. The first kappa shape index (κ1) is 17.1. The summed E-state index contributed by atoms with van der Waals surface area (Å²) in [4.78, 5) is 27.2. The average molecular weight is 343 g/mol. The average Bonchev–Trinajstić information content (AvgIpc) is 2.63. The highest BCUT2D eigenvalue weighted by molar-refractivity contribution is 5.95. The lowest BCUT2D eigenvalue weighted by atomic mass is 10.1. The number of carbonyl (C=O) groups excluding carboxylic acids is 1. The van der Waals surface area contributed by atoms with E-state index in [0.717, 1.165) is 11.4 Å². The van der Waals surface area contributed by atoms with Crippen molar-refractivity contribution >= 4 is 17.7 Å². The highest BCUT2D eigenvalue weighted by atomic mass is 19.1. The third-order valence-corrected chi connectivity index (χ3v) is 4.35. The molecule has 25 heavy (non-hydrogen) atoms.